The summed E-state index contributed by atoms with van der Waals surface area (Å²) in [4.78, 5) is 11.4. The number of aromatic nitrogens is 1. The molecule has 2 heterocycles. The van der Waals surface area contributed by atoms with Crippen LogP contribution in [0, 0.1) is 0 Å². The standard InChI is InChI=1S/C16H28N4OS.HI/c1-5-21-14-6-8-20(9-7-14)16(17-4)18-10-13-11-22-15(19-13)12(2)3;/h11-12,14H,5-10H2,1-4H3,(H,17,18);1H. The highest BCUT2D eigenvalue weighted by Gasteiger charge is 2.21. The molecule has 23 heavy (non-hydrogen) atoms. The van der Waals surface area contributed by atoms with Gasteiger partial charge in [-0.2, -0.15) is 0 Å². The summed E-state index contributed by atoms with van der Waals surface area (Å²) < 4.78 is 5.70. The van der Waals surface area contributed by atoms with Crippen molar-refractivity contribution in [3.05, 3.63) is 16.1 Å². The molecule has 1 fully saturated rings. The normalized spacial score (nSPS) is 16.6. The summed E-state index contributed by atoms with van der Waals surface area (Å²) in [6.07, 6.45) is 2.55. The van der Waals surface area contributed by atoms with Gasteiger partial charge in [0, 0.05) is 38.0 Å². The van der Waals surface area contributed by atoms with Gasteiger partial charge in [0.1, 0.15) is 0 Å². The number of aliphatic imine (C=N–C) groups is 1. The molecule has 5 nitrogen and oxygen atoms in total. The molecule has 1 aliphatic heterocycles. The molecule has 7 heteroatoms. The lowest BCUT2D eigenvalue weighted by Crippen LogP contribution is -2.46. The monoisotopic (exact) mass is 452 g/mol. The van der Waals surface area contributed by atoms with Crippen molar-refractivity contribution in [3.63, 3.8) is 0 Å². The first-order valence-electron chi connectivity index (χ1n) is 8.15. The molecule has 0 atom stereocenters. The van der Waals surface area contributed by atoms with Crippen molar-refractivity contribution in [2.45, 2.75) is 52.2 Å². The van der Waals surface area contributed by atoms with Crippen LogP contribution in [0.4, 0.5) is 0 Å². The number of hydrogen-bond donors (Lipinski definition) is 1. The van der Waals surface area contributed by atoms with E-state index in [0.29, 0.717) is 12.0 Å². The van der Waals surface area contributed by atoms with Crippen LogP contribution < -0.4 is 5.32 Å². The van der Waals surface area contributed by atoms with Crippen LogP contribution in [0.1, 0.15) is 50.2 Å². The summed E-state index contributed by atoms with van der Waals surface area (Å²) in [5.41, 5.74) is 1.10. The van der Waals surface area contributed by atoms with E-state index >= 15 is 0 Å². The Balaban J connectivity index is 0.00000264. The average molecular weight is 452 g/mol. The number of halogens is 1. The molecule has 1 saturated heterocycles. The van der Waals surface area contributed by atoms with E-state index in [-0.39, 0.29) is 24.0 Å². The van der Waals surface area contributed by atoms with Gasteiger partial charge in [-0.25, -0.2) is 4.98 Å². The maximum Gasteiger partial charge on any atom is 0.193 e. The van der Waals surface area contributed by atoms with Crippen molar-refractivity contribution in [2.24, 2.45) is 4.99 Å². The highest BCUT2D eigenvalue weighted by molar-refractivity contribution is 14.0. The number of guanidine groups is 1. The van der Waals surface area contributed by atoms with Gasteiger partial charge < -0.3 is 15.0 Å². The molecule has 0 unspecified atom stereocenters. The van der Waals surface area contributed by atoms with Crippen molar-refractivity contribution in [3.8, 4) is 0 Å². The van der Waals surface area contributed by atoms with Crippen molar-refractivity contribution < 1.29 is 4.74 Å². The predicted molar refractivity (Wildman–Crippen MR) is 108 cm³/mol. The number of ether oxygens (including phenoxy) is 1. The minimum atomic E-state index is 0. The van der Waals surface area contributed by atoms with Gasteiger partial charge in [-0.05, 0) is 19.8 Å². The van der Waals surface area contributed by atoms with Gasteiger partial charge in [0.15, 0.2) is 5.96 Å². The first kappa shape index (κ1) is 20.6. The van der Waals surface area contributed by atoms with Crippen molar-refractivity contribution >= 4 is 41.3 Å². The summed E-state index contributed by atoms with van der Waals surface area (Å²) in [7, 11) is 1.84. The number of likely N-dealkylation sites (tertiary alicyclic amines) is 1. The Morgan fingerprint density at radius 2 is 2.17 bits per heavy atom. The maximum absolute atomic E-state index is 5.70. The zero-order chi connectivity index (χ0) is 15.9. The molecular weight excluding hydrogens is 423 g/mol. The first-order valence-corrected chi connectivity index (χ1v) is 9.03. The number of nitrogens with zero attached hydrogens (tertiary/aromatic N) is 3. The molecule has 0 amide bonds. The Bertz CT molecular complexity index is 484. The third kappa shape index (κ3) is 6.19. The number of thiazole rings is 1. The molecule has 0 radical (unpaired) electrons. The Kier molecular flexibility index (Phi) is 9.38. The molecular formula is C16H29IN4OS. The summed E-state index contributed by atoms with van der Waals surface area (Å²) >= 11 is 1.74. The summed E-state index contributed by atoms with van der Waals surface area (Å²) in [6, 6.07) is 0. The van der Waals surface area contributed by atoms with Gasteiger partial charge in [-0.1, -0.05) is 13.8 Å². The van der Waals surface area contributed by atoms with E-state index in [1.165, 1.54) is 5.01 Å². The van der Waals surface area contributed by atoms with Gasteiger partial charge in [0.25, 0.3) is 0 Å². The molecule has 0 spiro atoms. The van der Waals surface area contributed by atoms with Crippen LogP contribution in [-0.4, -0.2) is 48.7 Å². The van der Waals surface area contributed by atoms with Crippen LogP contribution in [0.25, 0.3) is 0 Å². The fourth-order valence-corrected chi connectivity index (χ4v) is 3.48. The van der Waals surface area contributed by atoms with Crippen LogP contribution in [0.2, 0.25) is 0 Å². The molecule has 0 aliphatic carbocycles. The Morgan fingerprint density at radius 3 is 2.70 bits per heavy atom. The second-order valence-corrected chi connectivity index (χ2v) is 6.76. The Labute approximate surface area is 160 Å². The number of rotatable bonds is 5. The molecule has 0 aromatic carbocycles. The van der Waals surface area contributed by atoms with Crippen LogP contribution in [0.5, 0.6) is 0 Å². The van der Waals surface area contributed by atoms with Gasteiger partial charge in [0.05, 0.1) is 23.4 Å². The molecule has 0 bridgehead atoms. The SMILES string of the molecule is CCOC1CCN(C(=NC)NCc2csc(C(C)C)n2)CC1.I. The Morgan fingerprint density at radius 1 is 1.48 bits per heavy atom. The number of piperidine rings is 1. The first-order chi connectivity index (χ1) is 10.6. The van der Waals surface area contributed by atoms with E-state index in [1.54, 1.807) is 11.3 Å². The van der Waals surface area contributed by atoms with E-state index in [2.05, 4.69) is 46.3 Å². The summed E-state index contributed by atoms with van der Waals surface area (Å²) in [6.45, 7) is 9.96. The van der Waals surface area contributed by atoms with Gasteiger partial charge >= 0.3 is 0 Å². The fraction of sp³-hybridized carbons (Fsp3) is 0.750. The maximum atomic E-state index is 5.70. The van der Waals surface area contributed by atoms with Crippen molar-refractivity contribution in [1.82, 2.24) is 15.2 Å². The lowest BCUT2D eigenvalue weighted by molar-refractivity contribution is 0.0263. The molecule has 1 aliphatic rings. The van der Waals surface area contributed by atoms with E-state index in [4.69, 9.17) is 4.74 Å². The van der Waals surface area contributed by atoms with Crippen LogP contribution >= 0.6 is 35.3 Å². The third-order valence-corrected chi connectivity index (χ3v) is 5.04. The number of nitrogens with one attached hydrogen (secondary N) is 1. The second kappa shape index (κ2) is 10.5. The van der Waals surface area contributed by atoms with Gasteiger partial charge in [-0.15, -0.1) is 35.3 Å². The van der Waals surface area contributed by atoms with Crippen molar-refractivity contribution in [2.75, 3.05) is 26.7 Å². The second-order valence-electron chi connectivity index (χ2n) is 5.87. The zero-order valence-electron chi connectivity index (χ0n) is 14.5. The fourth-order valence-electron chi connectivity index (χ4n) is 2.64. The third-order valence-electron chi connectivity index (χ3n) is 3.85. The van der Waals surface area contributed by atoms with Crippen molar-refractivity contribution in [1.29, 1.82) is 0 Å². The molecule has 0 saturated carbocycles. The summed E-state index contributed by atoms with van der Waals surface area (Å²) in [5.74, 6) is 1.46. The highest BCUT2D eigenvalue weighted by Crippen LogP contribution is 2.19. The Hall–Kier alpha value is -0.410. The molecule has 1 aromatic heterocycles. The van der Waals surface area contributed by atoms with E-state index in [9.17, 15) is 0 Å². The van der Waals surface area contributed by atoms with Gasteiger partial charge in [0.2, 0.25) is 0 Å². The topological polar surface area (TPSA) is 49.8 Å². The van der Waals surface area contributed by atoms with E-state index < -0.39 is 0 Å². The molecule has 2 rings (SSSR count). The number of hydrogen-bond acceptors (Lipinski definition) is 4. The average Bonchev–Trinajstić information content (AvgIpc) is 2.99. The van der Waals surface area contributed by atoms with Crippen LogP contribution in [-0.2, 0) is 11.3 Å². The van der Waals surface area contributed by atoms with E-state index in [1.807, 2.05) is 7.05 Å². The predicted octanol–water partition coefficient (Wildman–Crippen LogP) is 3.46. The molecule has 1 aromatic rings. The lowest BCUT2D eigenvalue weighted by Gasteiger charge is -2.33. The highest BCUT2D eigenvalue weighted by atomic mass is 127. The smallest absolute Gasteiger partial charge is 0.193 e. The minimum Gasteiger partial charge on any atom is -0.378 e. The lowest BCUT2D eigenvalue weighted by atomic mass is 10.1. The quantitative estimate of drug-likeness (QED) is 0.423. The van der Waals surface area contributed by atoms with Crippen LogP contribution in [0.3, 0.4) is 0 Å². The molecule has 132 valence electrons. The van der Waals surface area contributed by atoms with Crippen LogP contribution in [0.15, 0.2) is 10.4 Å². The van der Waals surface area contributed by atoms with E-state index in [0.717, 1.165) is 50.7 Å². The zero-order valence-corrected chi connectivity index (χ0v) is 17.7. The molecule has 1 N–H and O–H groups in total. The summed E-state index contributed by atoms with van der Waals surface area (Å²) in [5, 5.41) is 6.77. The largest absolute Gasteiger partial charge is 0.378 e. The van der Waals surface area contributed by atoms with Gasteiger partial charge in [-0.3, -0.25) is 4.99 Å². The minimum absolute atomic E-state index is 0.